The topological polar surface area (TPSA) is 44.8 Å². The summed E-state index contributed by atoms with van der Waals surface area (Å²) in [6.07, 6.45) is 0. The molecule has 128 valence electrons. The molecule has 0 spiro atoms. The van der Waals surface area contributed by atoms with E-state index in [2.05, 4.69) is 20.8 Å². The molecular formula is C20H24O4. The van der Waals surface area contributed by atoms with E-state index in [-0.39, 0.29) is 12.0 Å². The predicted molar refractivity (Wildman–Crippen MR) is 93.9 cm³/mol. The monoisotopic (exact) mass is 328 g/mol. The zero-order valence-electron chi connectivity index (χ0n) is 14.7. The number of rotatable bonds is 6. The minimum atomic E-state index is -0.430. The van der Waals surface area contributed by atoms with Crippen molar-refractivity contribution in [2.45, 2.75) is 33.1 Å². The van der Waals surface area contributed by atoms with Crippen LogP contribution in [0.3, 0.4) is 0 Å². The van der Waals surface area contributed by atoms with Gasteiger partial charge in [0.2, 0.25) is 0 Å². The van der Waals surface area contributed by atoms with E-state index in [1.165, 1.54) is 0 Å². The maximum absolute atomic E-state index is 12.1. The Bertz CT molecular complexity index is 669. The lowest BCUT2D eigenvalue weighted by Crippen LogP contribution is -2.20. The molecule has 0 fully saturated rings. The van der Waals surface area contributed by atoms with Gasteiger partial charge in [0.15, 0.2) is 6.61 Å². The molecule has 0 saturated heterocycles. The number of esters is 1. The highest BCUT2D eigenvalue weighted by molar-refractivity contribution is 5.74. The normalized spacial score (nSPS) is 11.0. The van der Waals surface area contributed by atoms with Crippen LogP contribution in [0.4, 0.5) is 0 Å². The SMILES string of the molecule is CCOc1ccc(OCC(=O)Oc2ccccc2C(C)(C)C)cc1. The molecule has 0 atom stereocenters. The summed E-state index contributed by atoms with van der Waals surface area (Å²) in [7, 11) is 0. The first kappa shape index (κ1) is 17.9. The fourth-order valence-corrected chi connectivity index (χ4v) is 2.27. The smallest absolute Gasteiger partial charge is 0.349 e. The second-order valence-corrected chi connectivity index (χ2v) is 6.41. The largest absolute Gasteiger partial charge is 0.494 e. The number of para-hydroxylation sites is 1. The molecule has 2 rings (SSSR count). The van der Waals surface area contributed by atoms with Crippen molar-refractivity contribution in [3.63, 3.8) is 0 Å². The Labute approximate surface area is 143 Å². The summed E-state index contributed by atoms with van der Waals surface area (Å²) in [5.41, 5.74) is 0.881. The van der Waals surface area contributed by atoms with Crippen molar-refractivity contribution in [3.8, 4) is 17.2 Å². The van der Waals surface area contributed by atoms with Gasteiger partial charge in [0.05, 0.1) is 6.61 Å². The van der Waals surface area contributed by atoms with Gasteiger partial charge in [-0.15, -0.1) is 0 Å². The molecule has 0 aromatic heterocycles. The highest BCUT2D eigenvalue weighted by Crippen LogP contribution is 2.31. The first-order valence-electron chi connectivity index (χ1n) is 8.06. The average molecular weight is 328 g/mol. The van der Waals surface area contributed by atoms with Crippen LogP contribution < -0.4 is 14.2 Å². The van der Waals surface area contributed by atoms with Gasteiger partial charge in [-0.1, -0.05) is 39.0 Å². The second kappa shape index (κ2) is 7.86. The van der Waals surface area contributed by atoms with Crippen molar-refractivity contribution in [1.29, 1.82) is 0 Å². The van der Waals surface area contributed by atoms with Crippen molar-refractivity contribution in [2.75, 3.05) is 13.2 Å². The van der Waals surface area contributed by atoms with Gasteiger partial charge in [0, 0.05) is 5.56 Å². The van der Waals surface area contributed by atoms with E-state index >= 15 is 0 Å². The molecule has 0 saturated carbocycles. The lowest BCUT2D eigenvalue weighted by Gasteiger charge is -2.22. The summed E-state index contributed by atoms with van der Waals surface area (Å²) in [6.45, 7) is 8.63. The molecule has 0 aliphatic carbocycles. The van der Waals surface area contributed by atoms with Crippen molar-refractivity contribution >= 4 is 5.97 Å². The van der Waals surface area contributed by atoms with Crippen LogP contribution in [0.15, 0.2) is 48.5 Å². The van der Waals surface area contributed by atoms with Crippen LogP contribution in [0, 0.1) is 0 Å². The first-order chi connectivity index (χ1) is 11.4. The molecule has 0 aliphatic rings. The molecule has 4 nitrogen and oxygen atoms in total. The van der Waals surface area contributed by atoms with Gasteiger partial charge >= 0.3 is 5.97 Å². The third-order valence-electron chi connectivity index (χ3n) is 3.41. The third-order valence-corrected chi connectivity index (χ3v) is 3.41. The van der Waals surface area contributed by atoms with E-state index < -0.39 is 5.97 Å². The fraction of sp³-hybridized carbons (Fsp3) is 0.350. The van der Waals surface area contributed by atoms with E-state index in [1.54, 1.807) is 30.3 Å². The van der Waals surface area contributed by atoms with Crippen molar-refractivity contribution in [3.05, 3.63) is 54.1 Å². The molecule has 0 N–H and O–H groups in total. The summed E-state index contributed by atoms with van der Waals surface area (Å²) in [5.74, 6) is 1.51. The zero-order chi connectivity index (χ0) is 17.6. The molecule has 0 unspecified atom stereocenters. The number of carbonyl (C=O) groups excluding carboxylic acids is 1. The number of hydrogen-bond acceptors (Lipinski definition) is 4. The van der Waals surface area contributed by atoms with Gasteiger partial charge in [-0.2, -0.15) is 0 Å². The number of benzene rings is 2. The van der Waals surface area contributed by atoms with Gasteiger partial charge < -0.3 is 14.2 Å². The van der Waals surface area contributed by atoms with Gasteiger partial charge in [-0.3, -0.25) is 0 Å². The standard InChI is InChI=1S/C20H24O4/c1-5-22-15-10-12-16(13-11-15)23-14-19(21)24-18-9-7-6-8-17(18)20(2,3)4/h6-13H,5,14H2,1-4H3. The molecule has 0 aliphatic heterocycles. The van der Waals surface area contributed by atoms with E-state index in [9.17, 15) is 4.79 Å². The lowest BCUT2D eigenvalue weighted by molar-refractivity contribution is -0.136. The molecule has 4 heteroatoms. The highest BCUT2D eigenvalue weighted by atomic mass is 16.6. The van der Waals surface area contributed by atoms with Crippen molar-refractivity contribution in [2.24, 2.45) is 0 Å². The maximum atomic E-state index is 12.1. The van der Waals surface area contributed by atoms with Gasteiger partial charge in [0.25, 0.3) is 0 Å². The first-order valence-corrected chi connectivity index (χ1v) is 8.06. The van der Waals surface area contributed by atoms with E-state index in [4.69, 9.17) is 14.2 Å². The zero-order valence-corrected chi connectivity index (χ0v) is 14.7. The number of ether oxygens (including phenoxy) is 3. The fourth-order valence-electron chi connectivity index (χ4n) is 2.27. The Morgan fingerprint density at radius 1 is 0.917 bits per heavy atom. The summed E-state index contributed by atoms with van der Waals surface area (Å²) in [5, 5.41) is 0. The summed E-state index contributed by atoms with van der Waals surface area (Å²) in [6, 6.07) is 14.7. The maximum Gasteiger partial charge on any atom is 0.349 e. The Kier molecular flexibility index (Phi) is 5.85. The van der Waals surface area contributed by atoms with Crippen molar-refractivity contribution < 1.29 is 19.0 Å². The molecule has 2 aromatic rings. The quantitative estimate of drug-likeness (QED) is 0.583. The minimum absolute atomic E-state index is 0.104. The molecule has 2 aromatic carbocycles. The van der Waals surface area contributed by atoms with E-state index in [0.29, 0.717) is 18.1 Å². The van der Waals surface area contributed by atoms with Crippen LogP contribution in [-0.4, -0.2) is 19.2 Å². The Hall–Kier alpha value is -2.49. The molecule has 0 heterocycles. The summed E-state index contributed by atoms with van der Waals surface area (Å²) in [4.78, 5) is 12.1. The van der Waals surface area contributed by atoms with Crippen molar-refractivity contribution in [1.82, 2.24) is 0 Å². The molecule has 0 amide bonds. The number of carbonyl (C=O) groups is 1. The van der Waals surface area contributed by atoms with Gasteiger partial charge in [-0.05, 0) is 42.7 Å². The van der Waals surface area contributed by atoms with Crippen LogP contribution in [-0.2, 0) is 10.2 Å². The Morgan fingerprint density at radius 2 is 1.50 bits per heavy atom. The molecule has 0 radical (unpaired) electrons. The van der Waals surface area contributed by atoms with Crippen LogP contribution in [0.5, 0.6) is 17.2 Å². The summed E-state index contributed by atoms with van der Waals surface area (Å²) < 4.78 is 16.3. The predicted octanol–water partition coefficient (Wildman–Crippen LogP) is 4.37. The number of hydrogen-bond donors (Lipinski definition) is 0. The average Bonchev–Trinajstić information content (AvgIpc) is 2.54. The van der Waals surface area contributed by atoms with Crippen LogP contribution >= 0.6 is 0 Å². The summed E-state index contributed by atoms with van der Waals surface area (Å²) >= 11 is 0. The molecule has 0 bridgehead atoms. The van der Waals surface area contributed by atoms with Crippen LogP contribution in [0.2, 0.25) is 0 Å². The third kappa shape index (κ3) is 5.01. The van der Waals surface area contributed by atoms with Crippen LogP contribution in [0.25, 0.3) is 0 Å². The Morgan fingerprint density at radius 3 is 2.08 bits per heavy atom. The van der Waals surface area contributed by atoms with Gasteiger partial charge in [-0.25, -0.2) is 4.79 Å². The lowest BCUT2D eigenvalue weighted by atomic mass is 9.86. The van der Waals surface area contributed by atoms with Gasteiger partial charge in [0.1, 0.15) is 17.2 Å². The minimum Gasteiger partial charge on any atom is -0.494 e. The Balaban J connectivity index is 1.94. The van der Waals surface area contributed by atoms with E-state index in [1.807, 2.05) is 25.1 Å². The highest BCUT2D eigenvalue weighted by Gasteiger charge is 2.20. The second-order valence-electron chi connectivity index (χ2n) is 6.41. The molecule has 24 heavy (non-hydrogen) atoms. The van der Waals surface area contributed by atoms with E-state index in [0.717, 1.165) is 11.3 Å². The molecular weight excluding hydrogens is 304 g/mol. The van der Waals surface area contributed by atoms with Crippen LogP contribution in [0.1, 0.15) is 33.3 Å².